The molecule has 0 spiro atoms. The van der Waals surface area contributed by atoms with Crippen LogP contribution in [0.2, 0.25) is 0 Å². The van der Waals surface area contributed by atoms with Crippen molar-refractivity contribution in [3.8, 4) is 44.5 Å². The second kappa shape index (κ2) is 12.9. The van der Waals surface area contributed by atoms with E-state index in [4.69, 9.17) is 0 Å². The average Bonchev–Trinajstić information content (AvgIpc) is 3.50. The maximum atomic E-state index is 2.67. The van der Waals surface area contributed by atoms with Crippen LogP contribution in [0.3, 0.4) is 0 Å². The van der Waals surface area contributed by atoms with Gasteiger partial charge < -0.3 is 4.90 Å². The highest BCUT2D eigenvalue weighted by molar-refractivity contribution is 6.30. The molecule has 2 atom stereocenters. The molecule has 0 bridgehead atoms. The summed E-state index contributed by atoms with van der Waals surface area (Å²) >= 11 is 0. The zero-order valence-electron chi connectivity index (χ0n) is 33.7. The number of hydrogen-bond acceptors (Lipinski definition) is 1. The molecule has 0 saturated heterocycles. The number of benzene rings is 10. The molecule has 1 saturated carbocycles. The summed E-state index contributed by atoms with van der Waals surface area (Å²) in [7, 11) is 0. The summed E-state index contributed by atoms with van der Waals surface area (Å²) in [5.74, 6) is 0. The molecule has 1 fully saturated rings. The van der Waals surface area contributed by atoms with Gasteiger partial charge in [0.15, 0.2) is 0 Å². The highest BCUT2D eigenvalue weighted by atomic mass is 15.3. The van der Waals surface area contributed by atoms with Gasteiger partial charge in [-0.2, -0.15) is 0 Å². The molecule has 1 heterocycles. The first-order valence-corrected chi connectivity index (χ1v) is 21.4. The van der Waals surface area contributed by atoms with E-state index < -0.39 is 0 Å². The van der Waals surface area contributed by atoms with Crippen molar-refractivity contribution in [3.05, 3.63) is 194 Å². The average molecular weight is 756 g/mol. The van der Waals surface area contributed by atoms with E-state index in [1.54, 1.807) is 0 Å². The van der Waals surface area contributed by atoms with Gasteiger partial charge in [0, 0.05) is 16.8 Å². The quantitative estimate of drug-likeness (QED) is 0.158. The van der Waals surface area contributed by atoms with Crippen LogP contribution in [0.4, 0.5) is 11.4 Å². The highest BCUT2D eigenvalue weighted by Gasteiger charge is 2.57. The molecule has 0 aromatic heterocycles. The molecule has 12 rings (SSSR count). The smallest absolute Gasteiger partial charge is 0.0517 e. The predicted octanol–water partition coefficient (Wildman–Crippen LogP) is 16.1. The van der Waals surface area contributed by atoms with Crippen LogP contribution in [0, 0.1) is 0 Å². The summed E-state index contributed by atoms with van der Waals surface area (Å²) in [6, 6.07) is 70.7. The Morgan fingerprint density at radius 3 is 1.71 bits per heavy atom. The van der Waals surface area contributed by atoms with E-state index in [1.807, 2.05) is 0 Å². The monoisotopic (exact) mass is 755 g/mol. The van der Waals surface area contributed by atoms with E-state index in [0.29, 0.717) is 0 Å². The second-order valence-corrected chi connectivity index (χ2v) is 17.5. The number of anilines is 2. The van der Waals surface area contributed by atoms with Crippen molar-refractivity contribution in [3.63, 3.8) is 0 Å². The fraction of sp³-hybridized carbons (Fsp3) is 0.138. The molecule has 1 nitrogen and oxygen atoms in total. The van der Waals surface area contributed by atoms with Crippen molar-refractivity contribution in [1.82, 2.24) is 0 Å². The zero-order valence-corrected chi connectivity index (χ0v) is 33.7. The van der Waals surface area contributed by atoms with Gasteiger partial charge in [-0.05, 0) is 143 Å². The highest BCUT2D eigenvalue weighted by Crippen LogP contribution is 2.61. The predicted molar refractivity (Wildman–Crippen MR) is 252 cm³/mol. The first-order valence-electron chi connectivity index (χ1n) is 21.4. The van der Waals surface area contributed by atoms with E-state index in [-0.39, 0.29) is 11.0 Å². The van der Waals surface area contributed by atoms with Crippen LogP contribution < -0.4 is 4.90 Å². The number of fused-ring (bicyclic) bond motifs is 4. The van der Waals surface area contributed by atoms with Crippen LogP contribution in [0.1, 0.15) is 45.1 Å². The number of hydrogen-bond donors (Lipinski definition) is 0. The Kier molecular flexibility index (Phi) is 7.51. The summed E-state index contributed by atoms with van der Waals surface area (Å²) < 4.78 is 0. The second-order valence-electron chi connectivity index (χ2n) is 17.5. The summed E-state index contributed by atoms with van der Waals surface area (Å²) in [5, 5.41) is 10.4. The molecule has 2 unspecified atom stereocenters. The Morgan fingerprint density at radius 1 is 0.390 bits per heavy atom. The lowest BCUT2D eigenvalue weighted by Crippen LogP contribution is -2.54. The lowest BCUT2D eigenvalue weighted by Gasteiger charge is -2.50. The molecule has 282 valence electrons. The van der Waals surface area contributed by atoms with E-state index in [0.717, 1.165) is 0 Å². The van der Waals surface area contributed by atoms with Crippen molar-refractivity contribution in [2.75, 3.05) is 4.90 Å². The molecular formula is C58H45N. The SMILES string of the molecule is CC12CCCCC1(C)N(c1ccccc1)c1ccc(-c3cccc4c(-c5cc(-c6ccccc6)c6ccc7ccc(-c8ccccc8)c8ccc5c6c78)cccc34)cc12. The van der Waals surface area contributed by atoms with Gasteiger partial charge in [-0.3, -0.25) is 0 Å². The first-order chi connectivity index (χ1) is 29.0. The molecule has 10 aromatic carbocycles. The normalized spacial score (nSPS) is 18.8. The lowest BCUT2D eigenvalue weighted by molar-refractivity contribution is 0.195. The van der Waals surface area contributed by atoms with Crippen LogP contribution in [0.15, 0.2) is 188 Å². The van der Waals surface area contributed by atoms with Gasteiger partial charge in [-0.25, -0.2) is 0 Å². The Morgan fingerprint density at radius 2 is 0.966 bits per heavy atom. The molecule has 2 aliphatic rings. The summed E-state index contributed by atoms with van der Waals surface area (Å²) in [6.45, 7) is 5.06. The maximum absolute atomic E-state index is 2.67. The molecular weight excluding hydrogens is 711 g/mol. The molecule has 10 aromatic rings. The van der Waals surface area contributed by atoms with Crippen molar-refractivity contribution in [2.24, 2.45) is 0 Å². The number of rotatable bonds is 5. The summed E-state index contributed by atoms with van der Waals surface area (Å²) in [5.41, 5.74) is 14.4. The maximum Gasteiger partial charge on any atom is 0.0517 e. The molecule has 59 heavy (non-hydrogen) atoms. The first kappa shape index (κ1) is 34.4. The van der Waals surface area contributed by atoms with Crippen molar-refractivity contribution >= 4 is 54.5 Å². The van der Waals surface area contributed by atoms with Crippen LogP contribution in [0.25, 0.3) is 87.6 Å². The molecule has 0 N–H and O–H groups in total. The molecule has 1 aliphatic heterocycles. The Balaban J connectivity index is 1.09. The molecule has 1 heteroatoms. The van der Waals surface area contributed by atoms with Gasteiger partial charge in [0.25, 0.3) is 0 Å². The van der Waals surface area contributed by atoms with Crippen LogP contribution in [0.5, 0.6) is 0 Å². The van der Waals surface area contributed by atoms with Crippen molar-refractivity contribution in [1.29, 1.82) is 0 Å². The molecule has 0 radical (unpaired) electrons. The van der Waals surface area contributed by atoms with Gasteiger partial charge in [-0.15, -0.1) is 0 Å². The Bertz CT molecular complexity index is 3240. The van der Waals surface area contributed by atoms with Gasteiger partial charge in [0.1, 0.15) is 0 Å². The number of nitrogens with zero attached hydrogens (tertiary/aromatic N) is 1. The molecule has 0 amide bonds. The van der Waals surface area contributed by atoms with Crippen molar-refractivity contribution < 1.29 is 0 Å². The summed E-state index contributed by atoms with van der Waals surface area (Å²) in [6.07, 6.45) is 4.94. The minimum Gasteiger partial charge on any atom is -0.334 e. The third-order valence-corrected chi connectivity index (χ3v) is 14.6. The third kappa shape index (κ3) is 4.91. The molecule has 1 aliphatic carbocycles. The van der Waals surface area contributed by atoms with Gasteiger partial charge >= 0.3 is 0 Å². The van der Waals surface area contributed by atoms with E-state index in [1.165, 1.54) is 130 Å². The number of para-hydroxylation sites is 1. The zero-order chi connectivity index (χ0) is 39.3. The summed E-state index contributed by atoms with van der Waals surface area (Å²) in [4.78, 5) is 2.67. The van der Waals surface area contributed by atoms with Gasteiger partial charge in [-0.1, -0.05) is 177 Å². The Labute approximate surface area is 346 Å². The standard InChI is InChI=1S/C58H45N/c1-57-34-12-13-35-58(57,2)59(42-20-10-5-11-21-42)54-33-28-41(36-53(54)57)43-22-14-24-46-45(43)23-15-25-47(46)52-37-51(39-18-8-4-9-19-39)49-30-27-40-26-29-44(38-16-6-3-7-17-38)48-31-32-50(52)56(49)55(40)48/h3-11,14-33,36-37H,12-13,34-35H2,1-2H3. The van der Waals surface area contributed by atoms with Crippen LogP contribution >= 0.6 is 0 Å². The van der Waals surface area contributed by atoms with Crippen molar-refractivity contribution in [2.45, 2.75) is 50.5 Å². The minimum atomic E-state index is 0.0207. The van der Waals surface area contributed by atoms with E-state index in [9.17, 15) is 0 Å². The van der Waals surface area contributed by atoms with Gasteiger partial charge in [0.2, 0.25) is 0 Å². The van der Waals surface area contributed by atoms with Crippen LogP contribution in [-0.4, -0.2) is 5.54 Å². The van der Waals surface area contributed by atoms with Gasteiger partial charge in [0.05, 0.1) is 5.54 Å². The van der Waals surface area contributed by atoms with E-state index in [2.05, 4.69) is 207 Å². The largest absolute Gasteiger partial charge is 0.334 e. The third-order valence-electron chi connectivity index (χ3n) is 14.6. The fourth-order valence-electron chi connectivity index (χ4n) is 11.5. The lowest BCUT2D eigenvalue weighted by atomic mass is 9.61. The Hall–Kier alpha value is -6.70. The minimum absolute atomic E-state index is 0.0207. The topological polar surface area (TPSA) is 3.24 Å². The van der Waals surface area contributed by atoms with E-state index >= 15 is 0 Å². The van der Waals surface area contributed by atoms with Crippen LogP contribution in [-0.2, 0) is 5.41 Å². The fourth-order valence-corrected chi connectivity index (χ4v) is 11.5.